The van der Waals surface area contributed by atoms with Gasteiger partial charge in [-0.3, -0.25) is 0 Å². The summed E-state index contributed by atoms with van der Waals surface area (Å²) < 4.78 is 7.30. The Balaban J connectivity index is 1.90. The number of halogens is 1. The van der Waals surface area contributed by atoms with E-state index in [4.69, 9.17) is 16.3 Å². The van der Waals surface area contributed by atoms with Gasteiger partial charge in [0.15, 0.2) is 5.15 Å². The highest BCUT2D eigenvalue weighted by Crippen LogP contribution is 2.25. The Hall–Kier alpha value is -1.26. The summed E-state index contributed by atoms with van der Waals surface area (Å²) >= 11 is 6.22. The molecule has 0 spiro atoms. The molecule has 1 fully saturated rings. The lowest BCUT2D eigenvalue weighted by Crippen LogP contribution is -2.31. The fourth-order valence-corrected chi connectivity index (χ4v) is 2.96. The molecule has 1 N–H and O–H groups in total. The van der Waals surface area contributed by atoms with Gasteiger partial charge >= 0.3 is 0 Å². The third-order valence-electron chi connectivity index (χ3n) is 3.75. The van der Waals surface area contributed by atoms with Crippen molar-refractivity contribution in [1.82, 2.24) is 14.7 Å². The molecule has 0 radical (unpaired) electrons. The van der Waals surface area contributed by atoms with Crippen molar-refractivity contribution in [2.75, 3.05) is 20.2 Å². The SMILES string of the molecule is COc1ccn2c(CC3CCCNC3)nc(Cl)c2c1. The van der Waals surface area contributed by atoms with Crippen LogP contribution in [0.1, 0.15) is 18.7 Å². The summed E-state index contributed by atoms with van der Waals surface area (Å²) in [4.78, 5) is 4.50. The Morgan fingerprint density at radius 3 is 3.21 bits per heavy atom. The van der Waals surface area contributed by atoms with Crippen molar-refractivity contribution in [1.29, 1.82) is 0 Å². The first-order valence-corrected chi connectivity index (χ1v) is 7.07. The standard InChI is InChI=1S/C14H18ClN3O/c1-19-11-4-6-18-12(8-11)14(15)17-13(18)7-10-3-2-5-16-9-10/h4,6,8,10,16H,2-3,5,7,9H2,1H3. The molecule has 1 atom stereocenters. The third kappa shape index (κ3) is 2.55. The third-order valence-corrected chi connectivity index (χ3v) is 4.03. The van der Waals surface area contributed by atoms with E-state index in [-0.39, 0.29) is 0 Å². The zero-order valence-corrected chi connectivity index (χ0v) is 11.8. The van der Waals surface area contributed by atoms with Gasteiger partial charge in [0.05, 0.1) is 12.6 Å². The van der Waals surface area contributed by atoms with Crippen molar-refractivity contribution in [2.45, 2.75) is 19.3 Å². The van der Waals surface area contributed by atoms with Gasteiger partial charge in [-0.05, 0) is 37.9 Å². The minimum Gasteiger partial charge on any atom is -0.497 e. The minimum atomic E-state index is 0.553. The molecule has 5 heteroatoms. The Morgan fingerprint density at radius 2 is 2.47 bits per heavy atom. The molecule has 0 aromatic carbocycles. The van der Waals surface area contributed by atoms with Crippen LogP contribution in [-0.2, 0) is 6.42 Å². The zero-order chi connectivity index (χ0) is 13.2. The van der Waals surface area contributed by atoms with Crippen LogP contribution in [0.25, 0.3) is 5.52 Å². The molecule has 102 valence electrons. The summed E-state index contributed by atoms with van der Waals surface area (Å²) in [7, 11) is 1.66. The van der Waals surface area contributed by atoms with Crippen LogP contribution in [0.4, 0.5) is 0 Å². The highest BCUT2D eigenvalue weighted by Gasteiger charge is 2.18. The summed E-state index contributed by atoms with van der Waals surface area (Å²) in [5.41, 5.74) is 0.916. The maximum atomic E-state index is 6.22. The summed E-state index contributed by atoms with van der Waals surface area (Å²) in [6.07, 6.45) is 5.46. The maximum absolute atomic E-state index is 6.22. The molecule has 19 heavy (non-hydrogen) atoms. The van der Waals surface area contributed by atoms with Gasteiger partial charge < -0.3 is 14.5 Å². The monoisotopic (exact) mass is 279 g/mol. The molecule has 1 aliphatic rings. The lowest BCUT2D eigenvalue weighted by atomic mass is 9.96. The van der Waals surface area contributed by atoms with Gasteiger partial charge in [0.1, 0.15) is 11.6 Å². The van der Waals surface area contributed by atoms with Gasteiger partial charge in [-0.25, -0.2) is 4.98 Å². The van der Waals surface area contributed by atoms with Gasteiger partial charge in [-0.15, -0.1) is 0 Å². The first-order valence-electron chi connectivity index (χ1n) is 6.69. The Morgan fingerprint density at radius 1 is 1.58 bits per heavy atom. The second-order valence-corrected chi connectivity index (χ2v) is 5.42. The number of rotatable bonds is 3. The molecule has 0 aliphatic carbocycles. The average molecular weight is 280 g/mol. The molecule has 3 rings (SSSR count). The highest BCUT2D eigenvalue weighted by atomic mass is 35.5. The van der Waals surface area contributed by atoms with Crippen LogP contribution < -0.4 is 10.1 Å². The molecule has 3 heterocycles. The molecule has 0 amide bonds. The van der Waals surface area contributed by atoms with Gasteiger partial charge in [-0.2, -0.15) is 0 Å². The fourth-order valence-electron chi connectivity index (χ4n) is 2.72. The molecule has 1 saturated heterocycles. The summed E-state index contributed by atoms with van der Waals surface area (Å²) in [5, 5.41) is 3.99. The van der Waals surface area contributed by atoms with Crippen molar-refractivity contribution in [3.05, 3.63) is 29.3 Å². The number of pyridine rings is 1. The molecular formula is C14H18ClN3O. The van der Waals surface area contributed by atoms with Gasteiger partial charge in [-0.1, -0.05) is 11.6 Å². The van der Waals surface area contributed by atoms with Gasteiger partial charge in [0, 0.05) is 18.7 Å². The second kappa shape index (κ2) is 5.39. The van der Waals surface area contributed by atoms with E-state index in [1.165, 1.54) is 12.8 Å². The molecular weight excluding hydrogens is 262 g/mol. The van der Waals surface area contributed by atoms with E-state index in [0.29, 0.717) is 11.1 Å². The van der Waals surface area contributed by atoms with Crippen molar-refractivity contribution < 1.29 is 4.74 Å². The molecule has 4 nitrogen and oxygen atoms in total. The van der Waals surface area contributed by atoms with Crippen molar-refractivity contribution >= 4 is 17.1 Å². The average Bonchev–Trinajstić information content (AvgIpc) is 2.76. The Kier molecular flexibility index (Phi) is 3.62. The number of hydrogen-bond acceptors (Lipinski definition) is 3. The zero-order valence-electron chi connectivity index (χ0n) is 11.0. The predicted molar refractivity (Wildman–Crippen MR) is 76.1 cm³/mol. The first-order chi connectivity index (χ1) is 9.28. The number of piperidine rings is 1. The fraction of sp³-hybridized carbons (Fsp3) is 0.500. The molecule has 0 saturated carbocycles. The highest BCUT2D eigenvalue weighted by molar-refractivity contribution is 6.32. The number of aromatic nitrogens is 2. The van der Waals surface area contributed by atoms with E-state index in [1.54, 1.807) is 7.11 Å². The number of hydrogen-bond donors (Lipinski definition) is 1. The van der Waals surface area contributed by atoms with Crippen LogP contribution in [0, 0.1) is 5.92 Å². The topological polar surface area (TPSA) is 38.6 Å². The number of nitrogens with one attached hydrogen (secondary N) is 1. The predicted octanol–water partition coefficient (Wildman–Crippen LogP) is 2.54. The summed E-state index contributed by atoms with van der Waals surface area (Å²) in [6.45, 7) is 2.21. The Bertz CT molecular complexity index is 575. The quantitative estimate of drug-likeness (QED) is 0.938. The van der Waals surface area contributed by atoms with E-state index in [2.05, 4.69) is 14.7 Å². The van der Waals surface area contributed by atoms with E-state index in [0.717, 1.165) is 36.6 Å². The van der Waals surface area contributed by atoms with Crippen LogP contribution >= 0.6 is 11.6 Å². The van der Waals surface area contributed by atoms with E-state index >= 15 is 0 Å². The smallest absolute Gasteiger partial charge is 0.155 e. The summed E-state index contributed by atoms with van der Waals surface area (Å²) in [5.74, 6) is 2.49. The number of fused-ring (bicyclic) bond motifs is 1. The number of nitrogens with zero attached hydrogens (tertiary/aromatic N) is 2. The minimum absolute atomic E-state index is 0.553. The molecule has 1 aliphatic heterocycles. The van der Waals surface area contributed by atoms with E-state index in [9.17, 15) is 0 Å². The van der Waals surface area contributed by atoms with Crippen molar-refractivity contribution in [3.8, 4) is 5.75 Å². The first kappa shape index (κ1) is 12.8. The van der Waals surface area contributed by atoms with Gasteiger partial charge in [0.25, 0.3) is 0 Å². The normalized spacial score (nSPS) is 19.8. The van der Waals surface area contributed by atoms with Crippen LogP contribution in [0.2, 0.25) is 5.15 Å². The number of imidazole rings is 1. The second-order valence-electron chi connectivity index (χ2n) is 5.06. The maximum Gasteiger partial charge on any atom is 0.155 e. The van der Waals surface area contributed by atoms with Crippen LogP contribution in [0.3, 0.4) is 0 Å². The lowest BCUT2D eigenvalue weighted by molar-refractivity contribution is 0.370. The van der Waals surface area contributed by atoms with Gasteiger partial charge in [0.2, 0.25) is 0 Å². The molecule has 2 aromatic rings. The van der Waals surface area contributed by atoms with E-state index < -0.39 is 0 Å². The van der Waals surface area contributed by atoms with E-state index in [1.807, 2.05) is 18.3 Å². The van der Waals surface area contributed by atoms with Crippen molar-refractivity contribution in [2.24, 2.45) is 5.92 Å². The van der Waals surface area contributed by atoms with Crippen molar-refractivity contribution in [3.63, 3.8) is 0 Å². The largest absolute Gasteiger partial charge is 0.497 e. The Labute approximate surface area is 117 Å². The lowest BCUT2D eigenvalue weighted by Gasteiger charge is -2.21. The molecule has 0 bridgehead atoms. The number of methoxy groups -OCH3 is 1. The molecule has 1 unspecified atom stereocenters. The summed E-state index contributed by atoms with van der Waals surface area (Å²) in [6, 6.07) is 3.87. The van der Waals surface area contributed by atoms with Crippen LogP contribution in [0.15, 0.2) is 18.3 Å². The van der Waals surface area contributed by atoms with Crippen LogP contribution in [-0.4, -0.2) is 29.6 Å². The number of ether oxygens (including phenoxy) is 1. The van der Waals surface area contributed by atoms with Crippen LogP contribution in [0.5, 0.6) is 5.75 Å². The molecule has 2 aromatic heterocycles.